The molecule has 0 fully saturated rings. The molecule has 0 aromatic rings. The molecule has 0 spiro atoms. The average molecular weight is 332 g/mol. The zero-order valence-corrected chi connectivity index (χ0v) is 12.0. The van der Waals surface area contributed by atoms with Crippen LogP contribution in [0.2, 0.25) is 0 Å². The molecular formula is C4F7KO5S. The van der Waals surface area contributed by atoms with E-state index in [1.54, 1.807) is 4.74 Å². The van der Waals surface area contributed by atoms with E-state index in [9.17, 15) is 48.5 Å². The van der Waals surface area contributed by atoms with E-state index in [0.717, 1.165) is 0 Å². The summed E-state index contributed by atoms with van der Waals surface area (Å²) in [4.78, 5) is 9.47. The van der Waals surface area contributed by atoms with Crippen LogP contribution in [0.15, 0.2) is 0 Å². The molecule has 18 heavy (non-hydrogen) atoms. The first kappa shape index (κ1) is 20.8. The van der Waals surface area contributed by atoms with Crippen molar-refractivity contribution in [2.75, 3.05) is 0 Å². The van der Waals surface area contributed by atoms with Crippen molar-refractivity contribution < 1.29 is 105 Å². The second kappa shape index (κ2) is 5.88. The van der Waals surface area contributed by atoms with Crippen LogP contribution in [0.3, 0.4) is 0 Å². The molecule has 5 nitrogen and oxygen atoms in total. The van der Waals surface area contributed by atoms with Crippen molar-refractivity contribution in [3.63, 3.8) is 0 Å². The summed E-state index contributed by atoms with van der Waals surface area (Å²) in [6, 6.07) is 0. The predicted molar refractivity (Wildman–Crippen MR) is 31.0 cm³/mol. The SMILES string of the molecule is O=C([O-])C(F)(F)OC(F)(F)C(F)(F)S(=O)(=O)F.[K+]. The Hall–Kier alpha value is 0.526. The molecule has 102 valence electrons. The van der Waals surface area contributed by atoms with E-state index in [4.69, 9.17) is 0 Å². The molecule has 0 aliphatic carbocycles. The number of carbonyl (C=O) groups excluding carboxylic acids is 1. The number of ether oxygens (including phenoxy) is 1. The van der Waals surface area contributed by atoms with Gasteiger partial charge in [-0.25, -0.2) is 4.74 Å². The minimum absolute atomic E-state index is 0. The summed E-state index contributed by atoms with van der Waals surface area (Å²) in [5.74, 6) is -3.65. The smallest absolute Gasteiger partial charge is 0.542 e. The molecule has 0 rings (SSSR count). The van der Waals surface area contributed by atoms with E-state index in [2.05, 4.69) is 0 Å². The van der Waals surface area contributed by atoms with Crippen LogP contribution < -0.4 is 56.5 Å². The van der Waals surface area contributed by atoms with Crippen LogP contribution in [0.5, 0.6) is 0 Å². The van der Waals surface area contributed by atoms with E-state index >= 15 is 0 Å². The van der Waals surface area contributed by atoms with Gasteiger partial charge in [0.2, 0.25) is 0 Å². The van der Waals surface area contributed by atoms with Gasteiger partial charge in [-0.2, -0.15) is 34.8 Å². The first-order valence-electron chi connectivity index (χ1n) is 3.14. The molecule has 14 heteroatoms. The van der Waals surface area contributed by atoms with Gasteiger partial charge in [0.1, 0.15) is 5.97 Å². The second-order valence-electron chi connectivity index (χ2n) is 2.38. The minimum Gasteiger partial charge on any atom is -0.542 e. The fourth-order valence-electron chi connectivity index (χ4n) is 0.404. The molecule has 0 unspecified atom stereocenters. The Labute approximate surface area is 137 Å². The molecule has 0 radical (unpaired) electrons. The molecule has 0 heterocycles. The van der Waals surface area contributed by atoms with Gasteiger partial charge in [-0.3, -0.25) is 0 Å². The summed E-state index contributed by atoms with van der Waals surface area (Å²) < 4.78 is 105. The van der Waals surface area contributed by atoms with Gasteiger partial charge < -0.3 is 9.90 Å². The van der Waals surface area contributed by atoms with Crippen molar-refractivity contribution >= 4 is 16.2 Å². The van der Waals surface area contributed by atoms with Crippen molar-refractivity contribution in [2.45, 2.75) is 17.5 Å². The quantitative estimate of drug-likeness (QED) is 0.301. The molecule has 0 bridgehead atoms. The molecule has 0 aliphatic heterocycles. The third kappa shape index (κ3) is 4.28. The van der Waals surface area contributed by atoms with Crippen LogP contribution in [-0.2, 0) is 19.8 Å². The van der Waals surface area contributed by atoms with Gasteiger partial charge in [-0.05, 0) is 0 Å². The molecular weight excluding hydrogens is 332 g/mol. The van der Waals surface area contributed by atoms with Crippen molar-refractivity contribution in [1.29, 1.82) is 0 Å². The first-order chi connectivity index (χ1) is 7.15. The standard InChI is InChI=1S/C4HF7O5S.K/c5-2(6,1(12)13)16-3(7,8)4(9,10)17(11,14)15;/h(H,12,13);/q;+1/p-1. The van der Waals surface area contributed by atoms with Gasteiger partial charge in [0.15, 0.2) is 0 Å². The topological polar surface area (TPSA) is 83.5 Å². The predicted octanol–water partition coefficient (Wildman–Crippen LogP) is -3.17. The molecule has 0 saturated carbocycles. The molecule has 0 N–H and O–H groups in total. The Bertz CT molecular complexity index is 420. The minimum atomic E-state index is -7.31. The fourth-order valence-corrected chi connectivity index (χ4v) is 0.730. The van der Waals surface area contributed by atoms with Gasteiger partial charge in [0.05, 0.1) is 0 Å². The van der Waals surface area contributed by atoms with Crippen LogP contribution in [-0.4, -0.2) is 31.9 Å². The second-order valence-corrected chi connectivity index (χ2v) is 3.77. The van der Waals surface area contributed by atoms with Crippen LogP contribution in [0.4, 0.5) is 30.2 Å². The van der Waals surface area contributed by atoms with Crippen LogP contribution >= 0.6 is 0 Å². The zero-order valence-electron chi connectivity index (χ0n) is 8.10. The third-order valence-electron chi connectivity index (χ3n) is 1.14. The Morgan fingerprint density at radius 2 is 1.39 bits per heavy atom. The largest absolute Gasteiger partial charge is 1.00 e. The van der Waals surface area contributed by atoms with Crippen molar-refractivity contribution in [1.82, 2.24) is 0 Å². The van der Waals surface area contributed by atoms with Gasteiger partial charge >= 0.3 is 79.1 Å². The molecule has 0 saturated heterocycles. The molecule has 0 amide bonds. The van der Waals surface area contributed by atoms with Gasteiger partial charge in [-0.15, -0.1) is 0 Å². The van der Waals surface area contributed by atoms with E-state index in [-0.39, 0.29) is 51.4 Å². The Morgan fingerprint density at radius 1 is 1.06 bits per heavy atom. The van der Waals surface area contributed by atoms with E-state index in [0.29, 0.717) is 0 Å². The number of carbonyl (C=O) groups is 1. The van der Waals surface area contributed by atoms with Crippen LogP contribution in [0.1, 0.15) is 0 Å². The van der Waals surface area contributed by atoms with Gasteiger partial charge in [-0.1, -0.05) is 3.89 Å². The van der Waals surface area contributed by atoms with E-state index in [1.807, 2.05) is 0 Å². The Balaban J connectivity index is 0. The van der Waals surface area contributed by atoms with Crippen molar-refractivity contribution in [3.8, 4) is 0 Å². The fraction of sp³-hybridized carbons (Fsp3) is 0.750. The zero-order chi connectivity index (χ0) is 14.3. The Kier molecular flexibility index (Phi) is 6.81. The number of carboxylic acids is 1. The number of aliphatic carboxylic acids is 1. The number of hydrogen-bond acceptors (Lipinski definition) is 5. The Morgan fingerprint density at radius 3 is 1.61 bits per heavy atom. The monoisotopic (exact) mass is 332 g/mol. The number of halogens is 7. The number of rotatable bonds is 5. The van der Waals surface area contributed by atoms with Crippen molar-refractivity contribution in [2.24, 2.45) is 0 Å². The third-order valence-corrected chi connectivity index (χ3v) is 1.99. The maximum atomic E-state index is 12.2. The molecule has 0 aromatic carbocycles. The summed E-state index contributed by atoms with van der Waals surface area (Å²) >= 11 is 0. The summed E-state index contributed by atoms with van der Waals surface area (Å²) in [5, 5.41) is 2.77. The number of carboxylic acid groups (broad SMARTS) is 1. The number of hydrogen-bond donors (Lipinski definition) is 0. The number of alkyl halides is 6. The molecule has 0 aromatic heterocycles. The first-order valence-corrected chi connectivity index (χ1v) is 4.53. The summed E-state index contributed by atoms with van der Waals surface area (Å²) in [5.41, 5.74) is 0. The van der Waals surface area contributed by atoms with E-state index < -0.39 is 33.7 Å². The summed E-state index contributed by atoms with van der Waals surface area (Å²) in [6.07, 6.45) is -12.6. The average Bonchev–Trinajstić information content (AvgIpc) is 1.98. The molecule has 0 atom stereocenters. The normalized spacial score (nSPS) is 13.9. The summed E-state index contributed by atoms with van der Waals surface area (Å²) in [7, 11) is -7.31. The van der Waals surface area contributed by atoms with Crippen LogP contribution in [0.25, 0.3) is 0 Å². The maximum absolute atomic E-state index is 12.2. The van der Waals surface area contributed by atoms with Gasteiger partial charge in [0, 0.05) is 0 Å². The maximum Gasteiger partial charge on any atom is 1.00 e. The van der Waals surface area contributed by atoms with Gasteiger partial charge in [0.25, 0.3) is 0 Å². The van der Waals surface area contributed by atoms with E-state index in [1.165, 1.54) is 0 Å². The van der Waals surface area contributed by atoms with Crippen molar-refractivity contribution in [3.05, 3.63) is 0 Å². The molecule has 0 aliphatic rings. The summed E-state index contributed by atoms with van der Waals surface area (Å²) in [6.45, 7) is 0. The van der Waals surface area contributed by atoms with Crippen LogP contribution in [0, 0.1) is 0 Å².